The zero-order valence-electron chi connectivity index (χ0n) is 17.4. The van der Waals surface area contributed by atoms with Crippen LogP contribution in [0.4, 0.5) is 11.4 Å². The molecule has 0 fully saturated rings. The van der Waals surface area contributed by atoms with E-state index >= 15 is 0 Å². The van der Waals surface area contributed by atoms with Crippen LogP contribution >= 0.6 is 0 Å². The van der Waals surface area contributed by atoms with E-state index in [2.05, 4.69) is 5.32 Å². The molecule has 0 aliphatic heterocycles. The molecule has 0 aliphatic carbocycles. The highest BCUT2D eigenvalue weighted by atomic mass is 16.6. The third kappa shape index (κ3) is 4.90. The average molecular weight is 422 g/mol. The molecule has 0 aliphatic rings. The van der Waals surface area contributed by atoms with Gasteiger partial charge in [-0.2, -0.15) is 0 Å². The van der Waals surface area contributed by atoms with Crippen LogP contribution < -0.4 is 5.32 Å². The third-order valence-corrected chi connectivity index (χ3v) is 5.32. The van der Waals surface area contributed by atoms with Crippen LogP contribution in [0.5, 0.6) is 0 Å². The molecule has 0 atom stereocenters. The molecule has 5 heteroatoms. The molecule has 1 N–H and O–H groups in total. The molecule has 0 radical (unpaired) electrons. The summed E-state index contributed by atoms with van der Waals surface area (Å²) in [6.07, 6.45) is 1.23. The van der Waals surface area contributed by atoms with E-state index in [-0.39, 0.29) is 16.5 Å². The SMILES string of the molecule is O=C(Nc1ccccc1)c1ccccc1-c1ccc([N+](=O)[O-])c(CCc2ccccc2)c1. The highest BCUT2D eigenvalue weighted by molar-refractivity contribution is 6.08. The van der Waals surface area contributed by atoms with Gasteiger partial charge in [-0.1, -0.05) is 66.7 Å². The maximum atomic E-state index is 13.0. The van der Waals surface area contributed by atoms with E-state index < -0.39 is 0 Å². The van der Waals surface area contributed by atoms with E-state index in [0.29, 0.717) is 29.7 Å². The Labute approximate surface area is 186 Å². The fraction of sp³-hybridized carbons (Fsp3) is 0.0741. The Morgan fingerprint density at radius 1 is 0.781 bits per heavy atom. The van der Waals surface area contributed by atoms with Gasteiger partial charge in [-0.25, -0.2) is 0 Å². The summed E-state index contributed by atoms with van der Waals surface area (Å²) < 4.78 is 0. The molecule has 0 aromatic heterocycles. The summed E-state index contributed by atoms with van der Waals surface area (Å²) in [5, 5.41) is 14.5. The van der Waals surface area contributed by atoms with Crippen molar-refractivity contribution in [2.45, 2.75) is 12.8 Å². The van der Waals surface area contributed by atoms with Crippen molar-refractivity contribution >= 4 is 17.3 Å². The lowest BCUT2D eigenvalue weighted by molar-refractivity contribution is -0.385. The van der Waals surface area contributed by atoms with Crippen LogP contribution in [0.1, 0.15) is 21.5 Å². The molecule has 0 heterocycles. The van der Waals surface area contributed by atoms with Crippen molar-refractivity contribution < 1.29 is 9.72 Å². The Bertz CT molecular complexity index is 1240. The number of hydrogen-bond acceptors (Lipinski definition) is 3. The minimum Gasteiger partial charge on any atom is -0.322 e. The third-order valence-electron chi connectivity index (χ3n) is 5.32. The summed E-state index contributed by atoms with van der Waals surface area (Å²) in [4.78, 5) is 24.2. The Kier molecular flexibility index (Phi) is 6.37. The van der Waals surface area contributed by atoms with Gasteiger partial charge in [0.2, 0.25) is 0 Å². The lowest BCUT2D eigenvalue weighted by atomic mass is 9.94. The number of amides is 1. The first kappa shape index (κ1) is 21.0. The van der Waals surface area contributed by atoms with Crippen LogP contribution in [0.3, 0.4) is 0 Å². The fourth-order valence-electron chi connectivity index (χ4n) is 3.71. The molecule has 32 heavy (non-hydrogen) atoms. The summed E-state index contributed by atoms with van der Waals surface area (Å²) in [5.74, 6) is -0.226. The Morgan fingerprint density at radius 3 is 2.16 bits per heavy atom. The summed E-state index contributed by atoms with van der Waals surface area (Å²) in [5.41, 5.74) is 4.59. The van der Waals surface area contributed by atoms with Gasteiger partial charge in [0, 0.05) is 22.9 Å². The lowest BCUT2D eigenvalue weighted by Gasteiger charge is -2.12. The number of anilines is 1. The van der Waals surface area contributed by atoms with E-state index in [0.717, 1.165) is 16.7 Å². The molecule has 0 bridgehead atoms. The second-order valence-electron chi connectivity index (χ2n) is 7.45. The van der Waals surface area contributed by atoms with Gasteiger partial charge in [-0.05, 0) is 59.9 Å². The molecule has 5 nitrogen and oxygen atoms in total. The van der Waals surface area contributed by atoms with Crippen molar-refractivity contribution in [2.24, 2.45) is 0 Å². The first-order chi connectivity index (χ1) is 15.6. The number of carbonyl (C=O) groups is 1. The van der Waals surface area contributed by atoms with Crippen molar-refractivity contribution in [3.8, 4) is 11.1 Å². The number of hydrogen-bond donors (Lipinski definition) is 1. The largest absolute Gasteiger partial charge is 0.322 e. The maximum Gasteiger partial charge on any atom is 0.272 e. The highest BCUT2D eigenvalue weighted by Gasteiger charge is 2.18. The number of para-hydroxylation sites is 1. The van der Waals surface area contributed by atoms with Crippen molar-refractivity contribution in [3.63, 3.8) is 0 Å². The standard InChI is InChI=1S/C27H22N2O3/c30-27(28-23-11-5-2-6-12-23)25-14-8-7-13-24(25)21-17-18-26(29(31)32)22(19-21)16-15-20-9-3-1-4-10-20/h1-14,17-19H,15-16H2,(H,28,30). The summed E-state index contributed by atoms with van der Waals surface area (Å²) in [7, 11) is 0. The number of nitrogens with one attached hydrogen (secondary N) is 1. The Hall–Kier alpha value is -4.25. The molecule has 4 rings (SSSR count). The molecule has 0 saturated heterocycles. The smallest absolute Gasteiger partial charge is 0.272 e. The molecule has 0 saturated carbocycles. The van der Waals surface area contributed by atoms with Crippen LogP contribution in [-0.2, 0) is 12.8 Å². The number of nitro groups is 1. The summed E-state index contributed by atoms with van der Waals surface area (Å²) >= 11 is 0. The first-order valence-corrected chi connectivity index (χ1v) is 10.4. The van der Waals surface area contributed by atoms with Crippen molar-refractivity contribution in [1.82, 2.24) is 0 Å². The van der Waals surface area contributed by atoms with E-state index in [1.807, 2.05) is 84.9 Å². The zero-order valence-corrected chi connectivity index (χ0v) is 17.4. The number of nitrogens with zero attached hydrogens (tertiary/aromatic N) is 1. The van der Waals surface area contributed by atoms with E-state index in [9.17, 15) is 14.9 Å². The minimum absolute atomic E-state index is 0.0934. The maximum absolute atomic E-state index is 13.0. The Balaban J connectivity index is 1.66. The van der Waals surface area contributed by atoms with Crippen LogP contribution in [0.2, 0.25) is 0 Å². The van der Waals surface area contributed by atoms with Crippen molar-refractivity contribution in [2.75, 3.05) is 5.32 Å². The monoisotopic (exact) mass is 422 g/mol. The highest BCUT2D eigenvalue weighted by Crippen LogP contribution is 2.30. The number of rotatable bonds is 7. The molecule has 0 spiro atoms. The molecule has 158 valence electrons. The number of nitro benzene ring substituents is 1. The van der Waals surface area contributed by atoms with E-state index in [1.54, 1.807) is 12.1 Å². The van der Waals surface area contributed by atoms with Gasteiger partial charge in [-0.15, -0.1) is 0 Å². The molecule has 4 aromatic carbocycles. The molecular weight excluding hydrogens is 400 g/mol. The second kappa shape index (κ2) is 9.71. The van der Waals surface area contributed by atoms with E-state index in [1.165, 1.54) is 6.07 Å². The number of aryl methyl sites for hydroxylation is 2. The fourth-order valence-corrected chi connectivity index (χ4v) is 3.71. The molecule has 0 unspecified atom stereocenters. The van der Waals surface area contributed by atoms with Gasteiger partial charge in [0.25, 0.3) is 11.6 Å². The van der Waals surface area contributed by atoms with Gasteiger partial charge < -0.3 is 5.32 Å². The molecule has 4 aromatic rings. The van der Waals surface area contributed by atoms with Gasteiger partial charge in [0.1, 0.15) is 0 Å². The van der Waals surface area contributed by atoms with Gasteiger partial charge >= 0.3 is 0 Å². The number of benzene rings is 4. The van der Waals surface area contributed by atoms with E-state index in [4.69, 9.17) is 0 Å². The average Bonchev–Trinajstić information content (AvgIpc) is 2.83. The lowest BCUT2D eigenvalue weighted by Crippen LogP contribution is -2.13. The van der Waals surface area contributed by atoms with Gasteiger partial charge in [-0.3, -0.25) is 14.9 Å². The van der Waals surface area contributed by atoms with Gasteiger partial charge in [0.05, 0.1) is 4.92 Å². The molecule has 1 amide bonds. The van der Waals surface area contributed by atoms with Crippen LogP contribution in [0, 0.1) is 10.1 Å². The van der Waals surface area contributed by atoms with Crippen LogP contribution in [0.15, 0.2) is 103 Å². The van der Waals surface area contributed by atoms with Gasteiger partial charge in [0.15, 0.2) is 0 Å². The zero-order chi connectivity index (χ0) is 22.3. The minimum atomic E-state index is -0.349. The van der Waals surface area contributed by atoms with Crippen molar-refractivity contribution in [1.29, 1.82) is 0 Å². The normalized spacial score (nSPS) is 10.5. The number of carbonyl (C=O) groups excluding carboxylic acids is 1. The van der Waals surface area contributed by atoms with Crippen LogP contribution in [-0.4, -0.2) is 10.8 Å². The summed E-state index contributed by atoms with van der Waals surface area (Å²) in [6, 6.07) is 31.5. The first-order valence-electron chi connectivity index (χ1n) is 10.4. The quantitative estimate of drug-likeness (QED) is 0.281. The van der Waals surface area contributed by atoms with Crippen molar-refractivity contribution in [3.05, 3.63) is 130 Å². The van der Waals surface area contributed by atoms with Crippen LogP contribution in [0.25, 0.3) is 11.1 Å². The predicted molar refractivity (Wildman–Crippen MR) is 127 cm³/mol. The topological polar surface area (TPSA) is 72.2 Å². The Morgan fingerprint density at radius 2 is 1.44 bits per heavy atom. The molecular formula is C27H22N2O3. The second-order valence-corrected chi connectivity index (χ2v) is 7.45. The predicted octanol–water partition coefficient (Wildman–Crippen LogP) is 6.30. The summed E-state index contributed by atoms with van der Waals surface area (Å²) in [6.45, 7) is 0.